The van der Waals surface area contributed by atoms with Gasteiger partial charge in [0.15, 0.2) is 0 Å². The fourth-order valence-electron chi connectivity index (χ4n) is 3.95. The second-order valence-electron chi connectivity index (χ2n) is 8.24. The number of hydrogen-bond acceptors (Lipinski definition) is 6. The molecule has 160 valence electrons. The summed E-state index contributed by atoms with van der Waals surface area (Å²) in [5.74, 6) is 3.43. The average molecular weight is 410 g/mol. The summed E-state index contributed by atoms with van der Waals surface area (Å²) in [5.41, 5.74) is 1.00. The number of piperidine rings is 1. The minimum atomic E-state index is 0.106. The average Bonchev–Trinajstić information content (AvgIpc) is 3.61. The smallest absolute Gasteiger partial charge is 0.220 e. The number of amides is 1. The van der Waals surface area contributed by atoms with Crippen molar-refractivity contribution in [2.45, 2.75) is 51.1 Å². The molecule has 2 fully saturated rings. The maximum Gasteiger partial charge on any atom is 0.220 e. The van der Waals surface area contributed by atoms with Gasteiger partial charge in [-0.25, -0.2) is 9.97 Å². The monoisotopic (exact) mass is 409 g/mol. The first kappa shape index (κ1) is 20.4. The minimum Gasteiger partial charge on any atom is -0.496 e. The molecule has 1 aliphatic carbocycles. The van der Waals surface area contributed by atoms with Gasteiger partial charge in [0, 0.05) is 43.7 Å². The van der Waals surface area contributed by atoms with Gasteiger partial charge in [0.05, 0.1) is 7.11 Å². The summed E-state index contributed by atoms with van der Waals surface area (Å²) in [6.07, 6.45) is 7.81. The Morgan fingerprint density at radius 2 is 1.97 bits per heavy atom. The van der Waals surface area contributed by atoms with E-state index in [1.165, 1.54) is 12.8 Å². The summed E-state index contributed by atoms with van der Waals surface area (Å²) in [6, 6.07) is 10.4. The third-order valence-electron chi connectivity index (χ3n) is 5.97. The van der Waals surface area contributed by atoms with Gasteiger partial charge in [-0.15, -0.1) is 0 Å². The molecule has 0 bridgehead atoms. The van der Waals surface area contributed by atoms with Gasteiger partial charge in [0.25, 0.3) is 0 Å². The molecular formula is C23H31N5O2. The van der Waals surface area contributed by atoms with Crippen LogP contribution in [-0.2, 0) is 11.3 Å². The van der Waals surface area contributed by atoms with Crippen molar-refractivity contribution in [2.75, 3.05) is 30.4 Å². The van der Waals surface area contributed by atoms with E-state index in [9.17, 15) is 4.79 Å². The van der Waals surface area contributed by atoms with Crippen LogP contribution < -0.4 is 20.3 Å². The van der Waals surface area contributed by atoms with Crippen LogP contribution in [0.1, 0.15) is 44.1 Å². The zero-order valence-corrected chi connectivity index (χ0v) is 17.6. The number of nitrogens with one attached hydrogen (secondary N) is 2. The molecule has 2 heterocycles. The second-order valence-corrected chi connectivity index (χ2v) is 8.24. The van der Waals surface area contributed by atoms with Crippen LogP contribution in [-0.4, -0.2) is 42.1 Å². The standard InChI is InChI=1S/C23H31N5O2/c1-30-20-5-3-2-4-18(20)15-24-23(29)9-6-17-10-12-28(13-11-17)22-14-21(25-16-26-22)27-19-7-8-19/h2-5,14,16-17,19H,6-13,15H2,1H3,(H,24,29)(H,25,26,27). The first-order valence-corrected chi connectivity index (χ1v) is 10.9. The summed E-state index contributed by atoms with van der Waals surface area (Å²) >= 11 is 0. The summed E-state index contributed by atoms with van der Waals surface area (Å²) in [5, 5.41) is 6.46. The Labute approximate surface area is 178 Å². The fraction of sp³-hybridized carbons (Fsp3) is 0.522. The Morgan fingerprint density at radius 1 is 1.17 bits per heavy atom. The highest BCUT2D eigenvalue weighted by molar-refractivity contribution is 5.75. The molecule has 7 nitrogen and oxygen atoms in total. The maximum absolute atomic E-state index is 12.3. The molecule has 1 saturated carbocycles. The van der Waals surface area contributed by atoms with Gasteiger partial charge >= 0.3 is 0 Å². The third kappa shape index (κ3) is 5.62. The Kier molecular flexibility index (Phi) is 6.67. The van der Waals surface area contributed by atoms with Crippen LogP contribution in [0, 0.1) is 5.92 Å². The molecule has 1 aromatic carbocycles. The summed E-state index contributed by atoms with van der Waals surface area (Å²) in [4.78, 5) is 23.4. The van der Waals surface area contributed by atoms with Crippen molar-refractivity contribution < 1.29 is 9.53 Å². The van der Waals surface area contributed by atoms with Crippen LogP contribution in [0.5, 0.6) is 5.75 Å². The Bertz CT molecular complexity index is 847. The van der Waals surface area contributed by atoms with Crippen LogP contribution in [0.2, 0.25) is 0 Å². The van der Waals surface area contributed by atoms with Gasteiger partial charge in [0.2, 0.25) is 5.91 Å². The Morgan fingerprint density at radius 3 is 2.73 bits per heavy atom. The van der Waals surface area contributed by atoms with Crippen LogP contribution in [0.25, 0.3) is 0 Å². The molecular weight excluding hydrogens is 378 g/mol. The van der Waals surface area contributed by atoms with Gasteiger partial charge in [-0.2, -0.15) is 0 Å². The molecule has 2 aliphatic rings. The first-order valence-electron chi connectivity index (χ1n) is 10.9. The molecule has 0 radical (unpaired) electrons. The first-order chi connectivity index (χ1) is 14.7. The van der Waals surface area contributed by atoms with Crippen LogP contribution in [0.4, 0.5) is 11.6 Å². The molecule has 30 heavy (non-hydrogen) atoms. The van der Waals surface area contributed by atoms with Gasteiger partial charge in [-0.1, -0.05) is 18.2 Å². The van der Waals surface area contributed by atoms with Gasteiger partial charge in [0.1, 0.15) is 23.7 Å². The lowest BCUT2D eigenvalue weighted by molar-refractivity contribution is -0.121. The van der Waals surface area contributed by atoms with E-state index in [2.05, 4.69) is 31.6 Å². The van der Waals surface area contributed by atoms with Crippen LogP contribution in [0.15, 0.2) is 36.7 Å². The normalized spacial score (nSPS) is 16.9. The number of carbonyl (C=O) groups excluding carboxylic acids is 1. The number of carbonyl (C=O) groups is 1. The molecule has 1 amide bonds. The zero-order valence-electron chi connectivity index (χ0n) is 17.6. The van der Waals surface area contributed by atoms with E-state index < -0.39 is 0 Å². The second kappa shape index (κ2) is 9.78. The highest BCUT2D eigenvalue weighted by Gasteiger charge is 2.23. The summed E-state index contributed by atoms with van der Waals surface area (Å²) < 4.78 is 5.34. The van der Waals surface area contributed by atoms with E-state index >= 15 is 0 Å². The lowest BCUT2D eigenvalue weighted by Crippen LogP contribution is -2.34. The highest BCUT2D eigenvalue weighted by Crippen LogP contribution is 2.28. The van der Waals surface area contributed by atoms with E-state index in [4.69, 9.17) is 4.74 Å². The molecule has 1 saturated heterocycles. The lowest BCUT2D eigenvalue weighted by atomic mass is 9.92. The molecule has 0 atom stereocenters. The van der Waals surface area contributed by atoms with Crippen molar-refractivity contribution in [2.24, 2.45) is 5.92 Å². The topological polar surface area (TPSA) is 79.4 Å². The Balaban J connectivity index is 1.18. The summed E-state index contributed by atoms with van der Waals surface area (Å²) in [6.45, 7) is 2.47. The lowest BCUT2D eigenvalue weighted by Gasteiger charge is -2.32. The molecule has 1 aliphatic heterocycles. The number of aromatic nitrogens is 2. The fourth-order valence-corrected chi connectivity index (χ4v) is 3.95. The number of methoxy groups -OCH3 is 1. The van der Waals surface area contributed by atoms with Gasteiger partial charge in [-0.3, -0.25) is 4.79 Å². The van der Waals surface area contributed by atoms with Crippen LogP contribution in [0.3, 0.4) is 0 Å². The molecule has 1 aromatic heterocycles. The number of para-hydroxylation sites is 1. The van der Waals surface area contributed by atoms with Crippen LogP contribution >= 0.6 is 0 Å². The number of hydrogen-bond donors (Lipinski definition) is 2. The van der Waals surface area contributed by atoms with Crippen molar-refractivity contribution in [3.63, 3.8) is 0 Å². The number of anilines is 2. The van der Waals surface area contributed by atoms with E-state index in [-0.39, 0.29) is 5.91 Å². The predicted octanol–water partition coefficient (Wildman–Crippen LogP) is 3.37. The zero-order chi connectivity index (χ0) is 20.8. The number of benzene rings is 1. The van der Waals surface area contributed by atoms with E-state index in [1.807, 2.05) is 24.3 Å². The van der Waals surface area contributed by atoms with Crippen molar-refractivity contribution >= 4 is 17.5 Å². The van der Waals surface area contributed by atoms with Gasteiger partial charge < -0.3 is 20.3 Å². The molecule has 0 unspecified atom stereocenters. The molecule has 2 aromatic rings. The van der Waals surface area contributed by atoms with Crippen molar-refractivity contribution in [3.8, 4) is 5.75 Å². The largest absolute Gasteiger partial charge is 0.496 e. The van der Waals surface area contributed by atoms with E-state index in [1.54, 1.807) is 13.4 Å². The van der Waals surface area contributed by atoms with E-state index in [0.717, 1.165) is 55.3 Å². The van der Waals surface area contributed by atoms with Crippen molar-refractivity contribution in [1.82, 2.24) is 15.3 Å². The number of ether oxygens (including phenoxy) is 1. The molecule has 2 N–H and O–H groups in total. The minimum absolute atomic E-state index is 0.106. The number of nitrogens with zero attached hydrogens (tertiary/aromatic N) is 3. The van der Waals surface area contributed by atoms with Gasteiger partial charge in [-0.05, 0) is 44.1 Å². The molecule has 4 rings (SSSR count). The predicted molar refractivity (Wildman–Crippen MR) is 118 cm³/mol. The summed E-state index contributed by atoms with van der Waals surface area (Å²) in [7, 11) is 1.65. The Hall–Kier alpha value is -2.83. The molecule has 0 spiro atoms. The highest BCUT2D eigenvalue weighted by atomic mass is 16.5. The SMILES string of the molecule is COc1ccccc1CNC(=O)CCC1CCN(c2cc(NC3CC3)ncn2)CC1. The van der Waals surface area contributed by atoms with Crippen molar-refractivity contribution in [3.05, 3.63) is 42.2 Å². The number of rotatable bonds is 9. The van der Waals surface area contributed by atoms with Crippen molar-refractivity contribution in [1.29, 1.82) is 0 Å². The molecule has 7 heteroatoms. The quantitative estimate of drug-likeness (QED) is 0.661. The maximum atomic E-state index is 12.3. The third-order valence-corrected chi connectivity index (χ3v) is 5.97. The van der Waals surface area contributed by atoms with E-state index in [0.29, 0.717) is 24.9 Å².